The minimum Gasteiger partial charge on any atom is -0.497 e. The van der Waals surface area contributed by atoms with Gasteiger partial charge in [0.25, 0.3) is 5.91 Å². The third-order valence-electron chi connectivity index (χ3n) is 4.94. The number of methoxy groups -OCH3 is 2. The van der Waals surface area contributed by atoms with Crippen molar-refractivity contribution in [2.45, 2.75) is 19.3 Å². The molecule has 29 heavy (non-hydrogen) atoms. The summed E-state index contributed by atoms with van der Waals surface area (Å²) in [4.78, 5) is 17.0. The summed E-state index contributed by atoms with van der Waals surface area (Å²) in [5.41, 5.74) is 2.51. The van der Waals surface area contributed by atoms with Crippen molar-refractivity contribution < 1.29 is 19.0 Å². The van der Waals surface area contributed by atoms with Crippen molar-refractivity contribution in [3.05, 3.63) is 66.1 Å². The fourth-order valence-electron chi connectivity index (χ4n) is 3.27. The van der Waals surface area contributed by atoms with Crippen LogP contribution in [-0.4, -0.2) is 42.3 Å². The number of fused-ring (bicyclic) bond motifs is 1. The molecule has 3 aromatic rings. The van der Waals surface area contributed by atoms with Gasteiger partial charge in [-0.05, 0) is 48.5 Å². The van der Waals surface area contributed by atoms with Crippen molar-refractivity contribution in [1.29, 1.82) is 0 Å². The molecule has 0 saturated heterocycles. The first-order valence-electron chi connectivity index (χ1n) is 9.40. The lowest BCUT2D eigenvalue weighted by molar-refractivity contribution is 0.00327. The van der Waals surface area contributed by atoms with Crippen LogP contribution in [-0.2, 0) is 17.9 Å². The summed E-state index contributed by atoms with van der Waals surface area (Å²) in [7, 11) is 3.25. The van der Waals surface area contributed by atoms with Crippen LogP contribution >= 0.6 is 0 Å². The molecule has 0 aliphatic carbocycles. The highest BCUT2D eigenvalue weighted by atomic mass is 16.5. The maximum atomic E-state index is 12.3. The van der Waals surface area contributed by atoms with Crippen LogP contribution < -0.4 is 14.8 Å². The maximum Gasteiger partial charge on any atom is 0.251 e. The van der Waals surface area contributed by atoms with Crippen molar-refractivity contribution >= 4 is 5.91 Å². The lowest BCUT2D eigenvalue weighted by Crippen LogP contribution is -2.38. The van der Waals surface area contributed by atoms with E-state index < -0.39 is 0 Å². The molecule has 0 unspecified atom stereocenters. The molecule has 1 aliphatic heterocycles. The average molecular weight is 393 g/mol. The number of amides is 1. The van der Waals surface area contributed by atoms with Gasteiger partial charge < -0.3 is 24.1 Å². The normalized spacial score (nSPS) is 15.4. The zero-order valence-corrected chi connectivity index (χ0v) is 16.4. The van der Waals surface area contributed by atoms with Gasteiger partial charge in [0.15, 0.2) is 0 Å². The predicted molar refractivity (Wildman–Crippen MR) is 108 cm³/mol. The van der Waals surface area contributed by atoms with E-state index in [0.717, 1.165) is 28.6 Å². The van der Waals surface area contributed by atoms with Crippen molar-refractivity contribution in [3.63, 3.8) is 0 Å². The van der Waals surface area contributed by atoms with Crippen molar-refractivity contribution in [2.75, 3.05) is 20.8 Å². The van der Waals surface area contributed by atoms with Gasteiger partial charge in [-0.2, -0.15) is 0 Å². The molecule has 150 valence electrons. The summed E-state index contributed by atoms with van der Waals surface area (Å²) in [6.07, 6.45) is 1.92. The van der Waals surface area contributed by atoms with Gasteiger partial charge in [0.05, 0.1) is 32.6 Å². The number of imidazole rings is 1. The topological polar surface area (TPSA) is 74.6 Å². The lowest BCUT2D eigenvalue weighted by Gasteiger charge is -2.24. The Bertz CT molecular complexity index is 980. The van der Waals surface area contributed by atoms with Crippen LogP contribution in [0.5, 0.6) is 11.5 Å². The Morgan fingerprint density at radius 3 is 2.41 bits per heavy atom. The maximum absolute atomic E-state index is 12.3. The number of carbonyl (C=O) groups excluding carboxylic acids is 1. The van der Waals surface area contributed by atoms with E-state index in [1.165, 1.54) is 0 Å². The van der Waals surface area contributed by atoms with E-state index in [2.05, 4.69) is 14.9 Å². The molecule has 7 nitrogen and oxygen atoms in total. The minimum absolute atomic E-state index is 0.109. The Morgan fingerprint density at radius 2 is 1.76 bits per heavy atom. The standard InChI is InChI=1S/C22H23N3O4/c1-27-17-7-3-15(4-8-17)20-13-25-12-19(29-14-21(25)24-20)11-23-22(26)16-5-9-18(28-2)10-6-16/h3-10,13,19H,11-12,14H2,1-2H3,(H,23,26)/t19-/m0/s1. The molecule has 0 fully saturated rings. The lowest BCUT2D eigenvalue weighted by atomic mass is 10.1. The fourth-order valence-corrected chi connectivity index (χ4v) is 3.27. The molecular formula is C22H23N3O4. The van der Waals surface area contributed by atoms with Crippen molar-refractivity contribution in [1.82, 2.24) is 14.9 Å². The van der Waals surface area contributed by atoms with E-state index in [0.29, 0.717) is 25.3 Å². The van der Waals surface area contributed by atoms with Crippen LogP contribution in [0.15, 0.2) is 54.7 Å². The highest BCUT2D eigenvalue weighted by Crippen LogP contribution is 2.24. The first kappa shape index (κ1) is 19.0. The molecule has 1 amide bonds. The number of benzene rings is 2. The number of aromatic nitrogens is 2. The average Bonchev–Trinajstić information content (AvgIpc) is 3.21. The van der Waals surface area contributed by atoms with Crippen LogP contribution in [0, 0.1) is 0 Å². The van der Waals surface area contributed by atoms with E-state index >= 15 is 0 Å². The number of nitrogens with one attached hydrogen (secondary N) is 1. The van der Waals surface area contributed by atoms with Gasteiger partial charge >= 0.3 is 0 Å². The van der Waals surface area contributed by atoms with E-state index in [-0.39, 0.29) is 12.0 Å². The molecule has 1 aliphatic rings. The molecule has 1 N–H and O–H groups in total. The van der Waals surface area contributed by atoms with Gasteiger partial charge in [0.1, 0.15) is 23.9 Å². The molecule has 0 bridgehead atoms. The van der Waals surface area contributed by atoms with Crippen LogP contribution in [0.3, 0.4) is 0 Å². The van der Waals surface area contributed by atoms with E-state index in [1.54, 1.807) is 38.5 Å². The Kier molecular flexibility index (Phi) is 5.48. The van der Waals surface area contributed by atoms with Gasteiger partial charge in [-0.1, -0.05) is 0 Å². The summed E-state index contributed by atoms with van der Waals surface area (Å²) in [6.45, 7) is 1.49. The quantitative estimate of drug-likeness (QED) is 0.697. The van der Waals surface area contributed by atoms with Crippen molar-refractivity contribution in [2.24, 2.45) is 0 Å². The Labute approximate surface area is 169 Å². The monoisotopic (exact) mass is 393 g/mol. The first-order valence-corrected chi connectivity index (χ1v) is 9.40. The molecular weight excluding hydrogens is 370 g/mol. The van der Waals surface area contributed by atoms with E-state index in [4.69, 9.17) is 14.2 Å². The highest BCUT2D eigenvalue weighted by molar-refractivity contribution is 5.94. The second-order valence-electron chi connectivity index (χ2n) is 6.79. The molecule has 1 atom stereocenters. The molecule has 0 saturated carbocycles. The summed E-state index contributed by atoms with van der Waals surface area (Å²) in [6, 6.07) is 14.8. The zero-order valence-electron chi connectivity index (χ0n) is 16.4. The van der Waals surface area contributed by atoms with Crippen LogP contribution in [0.4, 0.5) is 0 Å². The molecule has 2 aromatic carbocycles. The summed E-state index contributed by atoms with van der Waals surface area (Å²) in [5.74, 6) is 2.28. The Balaban J connectivity index is 1.37. The largest absolute Gasteiger partial charge is 0.497 e. The number of rotatable bonds is 6. The van der Waals surface area contributed by atoms with Gasteiger partial charge in [0.2, 0.25) is 0 Å². The minimum atomic E-state index is -0.133. The van der Waals surface area contributed by atoms with Gasteiger partial charge in [0, 0.05) is 23.9 Å². The number of ether oxygens (including phenoxy) is 3. The summed E-state index contributed by atoms with van der Waals surface area (Å²) >= 11 is 0. The number of carbonyl (C=O) groups is 1. The molecule has 0 radical (unpaired) electrons. The fraction of sp³-hybridized carbons (Fsp3) is 0.273. The second-order valence-corrected chi connectivity index (χ2v) is 6.79. The molecule has 0 spiro atoms. The van der Waals surface area contributed by atoms with Gasteiger partial charge in [-0.25, -0.2) is 4.98 Å². The number of hydrogen-bond donors (Lipinski definition) is 1. The van der Waals surface area contributed by atoms with Crippen LogP contribution in [0.2, 0.25) is 0 Å². The molecule has 7 heteroatoms. The molecule has 4 rings (SSSR count). The summed E-state index contributed by atoms with van der Waals surface area (Å²) in [5, 5.41) is 2.94. The second kappa shape index (κ2) is 8.36. The Hall–Kier alpha value is -3.32. The number of nitrogens with zero attached hydrogens (tertiary/aromatic N) is 2. The third-order valence-corrected chi connectivity index (χ3v) is 4.94. The smallest absolute Gasteiger partial charge is 0.251 e. The van der Waals surface area contributed by atoms with Gasteiger partial charge in [-0.15, -0.1) is 0 Å². The van der Waals surface area contributed by atoms with E-state index in [1.807, 2.05) is 30.5 Å². The van der Waals surface area contributed by atoms with Crippen LogP contribution in [0.1, 0.15) is 16.2 Å². The zero-order chi connectivity index (χ0) is 20.2. The predicted octanol–water partition coefficient (Wildman–Crippen LogP) is 2.90. The van der Waals surface area contributed by atoms with Crippen molar-refractivity contribution in [3.8, 4) is 22.8 Å². The van der Waals surface area contributed by atoms with Crippen LogP contribution in [0.25, 0.3) is 11.3 Å². The molecule has 2 heterocycles. The highest BCUT2D eigenvalue weighted by Gasteiger charge is 2.22. The van der Waals surface area contributed by atoms with E-state index in [9.17, 15) is 4.79 Å². The first-order chi connectivity index (χ1) is 14.2. The SMILES string of the molecule is COc1ccc(C(=O)NC[C@H]2Cn3cc(-c4ccc(OC)cc4)nc3CO2)cc1. The Morgan fingerprint density at radius 1 is 1.10 bits per heavy atom. The number of hydrogen-bond acceptors (Lipinski definition) is 5. The molecule has 1 aromatic heterocycles. The summed E-state index contributed by atoms with van der Waals surface area (Å²) < 4.78 is 18.3. The third kappa shape index (κ3) is 4.25. The van der Waals surface area contributed by atoms with Gasteiger partial charge in [-0.3, -0.25) is 4.79 Å².